The van der Waals surface area contributed by atoms with E-state index in [1.54, 1.807) is 12.1 Å². The molecule has 0 saturated carbocycles. The summed E-state index contributed by atoms with van der Waals surface area (Å²) in [5, 5.41) is 0. The van der Waals surface area contributed by atoms with Crippen molar-refractivity contribution in [2.45, 2.75) is 6.42 Å². The van der Waals surface area contributed by atoms with Crippen LogP contribution >= 0.6 is 11.6 Å². The third-order valence-electron chi connectivity index (χ3n) is 1.83. The predicted octanol–water partition coefficient (Wildman–Crippen LogP) is 1.81. The Labute approximate surface area is 94.4 Å². The van der Waals surface area contributed by atoms with Crippen LogP contribution in [-0.4, -0.2) is 18.2 Å². The molecule has 3 heteroatoms. The zero-order chi connectivity index (χ0) is 11.1. The van der Waals surface area contributed by atoms with Crippen molar-refractivity contribution in [2.24, 2.45) is 5.73 Å². The summed E-state index contributed by atoms with van der Waals surface area (Å²) in [6, 6.07) is 7.08. The molecule has 0 radical (unpaired) electrons. The average molecular weight is 222 g/mol. The summed E-state index contributed by atoms with van der Waals surface area (Å²) in [7, 11) is 0. The number of nitrogens with two attached hydrogens (primary N) is 1. The van der Waals surface area contributed by atoms with Gasteiger partial charge in [-0.3, -0.25) is 4.79 Å². The van der Waals surface area contributed by atoms with Gasteiger partial charge in [0.25, 0.3) is 0 Å². The Morgan fingerprint density at radius 1 is 1.33 bits per heavy atom. The molecular formula is C12H12ClNO. The summed E-state index contributed by atoms with van der Waals surface area (Å²) in [4.78, 5) is 11.2. The van der Waals surface area contributed by atoms with Gasteiger partial charge in [-0.1, -0.05) is 24.0 Å². The van der Waals surface area contributed by atoms with Crippen LogP contribution < -0.4 is 5.73 Å². The zero-order valence-electron chi connectivity index (χ0n) is 8.29. The Morgan fingerprint density at radius 3 is 2.53 bits per heavy atom. The van der Waals surface area contributed by atoms with Crippen molar-refractivity contribution >= 4 is 17.4 Å². The van der Waals surface area contributed by atoms with Gasteiger partial charge in [0, 0.05) is 24.1 Å². The van der Waals surface area contributed by atoms with E-state index >= 15 is 0 Å². The molecule has 2 nitrogen and oxygen atoms in total. The highest BCUT2D eigenvalue weighted by atomic mass is 35.5. The first-order valence-corrected chi connectivity index (χ1v) is 5.19. The minimum Gasteiger partial charge on any atom is -0.330 e. The quantitative estimate of drug-likeness (QED) is 0.481. The molecule has 0 bridgehead atoms. The number of carbonyl (C=O) groups excluding carboxylic acids is 1. The number of halogens is 1. The number of rotatable bonds is 3. The molecule has 0 amide bonds. The average Bonchev–Trinajstić information content (AvgIpc) is 2.29. The topological polar surface area (TPSA) is 43.1 Å². The molecule has 2 N–H and O–H groups in total. The zero-order valence-corrected chi connectivity index (χ0v) is 9.05. The lowest BCUT2D eigenvalue weighted by Gasteiger charge is -1.96. The fourth-order valence-electron chi connectivity index (χ4n) is 1.05. The van der Waals surface area contributed by atoms with Gasteiger partial charge in [0.15, 0.2) is 5.78 Å². The normalized spacial score (nSPS) is 9.20. The minimum atomic E-state index is -0.0712. The Morgan fingerprint density at radius 2 is 2.00 bits per heavy atom. The van der Waals surface area contributed by atoms with E-state index in [9.17, 15) is 4.79 Å². The molecule has 1 aromatic rings. The first kappa shape index (κ1) is 11.8. The van der Waals surface area contributed by atoms with Gasteiger partial charge in [-0.05, 0) is 12.1 Å². The lowest BCUT2D eigenvalue weighted by molar-refractivity contribution is 0.102. The Hall–Kier alpha value is -1.30. The van der Waals surface area contributed by atoms with Crippen molar-refractivity contribution < 1.29 is 4.79 Å². The molecule has 0 atom stereocenters. The van der Waals surface area contributed by atoms with Crippen LogP contribution in [-0.2, 0) is 0 Å². The van der Waals surface area contributed by atoms with Gasteiger partial charge >= 0.3 is 0 Å². The summed E-state index contributed by atoms with van der Waals surface area (Å²) in [6.45, 7) is 0.565. The molecule has 78 valence electrons. The largest absolute Gasteiger partial charge is 0.330 e. The van der Waals surface area contributed by atoms with Crippen molar-refractivity contribution in [2.75, 3.05) is 12.4 Å². The van der Waals surface area contributed by atoms with Crippen LogP contribution in [0.5, 0.6) is 0 Å². The van der Waals surface area contributed by atoms with Crippen molar-refractivity contribution in [1.82, 2.24) is 0 Å². The van der Waals surface area contributed by atoms with E-state index in [1.165, 1.54) is 0 Å². The summed E-state index contributed by atoms with van der Waals surface area (Å²) >= 11 is 5.44. The van der Waals surface area contributed by atoms with Crippen molar-refractivity contribution in [3.05, 3.63) is 35.4 Å². The summed E-state index contributed by atoms with van der Waals surface area (Å²) < 4.78 is 0. The maximum absolute atomic E-state index is 11.2. The molecule has 0 aliphatic carbocycles. The van der Waals surface area contributed by atoms with Crippen LogP contribution in [0.2, 0.25) is 0 Å². The number of ketones is 1. The van der Waals surface area contributed by atoms with E-state index in [4.69, 9.17) is 17.3 Å². The molecule has 1 aromatic carbocycles. The second-order valence-electron chi connectivity index (χ2n) is 2.97. The number of hydrogen-bond donors (Lipinski definition) is 1. The van der Waals surface area contributed by atoms with Gasteiger partial charge in [0.05, 0.1) is 5.88 Å². The number of benzene rings is 1. The van der Waals surface area contributed by atoms with Crippen LogP contribution in [0.4, 0.5) is 0 Å². The van der Waals surface area contributed by atoms with E-state index in [1.807, 2.05) is 12.1 Å². The Balaban J connectivity index is 2.73. The monoisotopic (exact) mass is 221 g/mol. The lowest BCUT2D eigenvalue weighted by atomic mass is 10.1. The number of alkyl halides is 1. The van der Waals surface area contributed by atoms with Gasteiger partial charge < -0.3 is 5.73 Å². The number of Topliss-reactive ketones (excluding diaryl/α,β-unsaturated/α-hetero) is 1. The summed E-state index contributed by atoms with van der Waals surface area (Å²) in [5.41, 5.74) is 6.82. The SMILES string of the molecule is NCCC#Cc1ccc(C(=O)CCl)cc1. The van der Waals surface area contributed by atoms with Gasteiger partial charge in [-0.2, -0.15) is 0 Å². The van der Waals surface area contributed by atoms with Crippen molar-refractivity contribution in [3.8, 4) is 11.8 Å². The van der Waals surface area contributed by atoms with E-state index in [2.05, 4.69) is 11.8 Å². The highest BCUT2D eigenvalue weighted by Crippen LogP contribution is 2.05. The van der Waals surface area contributed by atoms with Crippen LogP contribution in [0.15, 0.2) is 24.3 Å². The van der Waals surface area contributed by atoms with Gasteiger partial charge in [0.2, 0.25) is 0 Å². The summed E-state index contributed by atoms with van der Waals surface area (Å²) in [6.07, 6.45) is 0.683. The van der Waals surface area contributed by atoms with Gasteiger partial charge in [-0.25, -0.2) is 0 Å². The van der Waals surface area contributed by atoms with Crippen LogP contribution in [0, 0.1) is 11.8 Å². The molecule has 1 rings (SSSR count). The van der Waals surface area contributed by atoms with E-state index < -0.39 is 0 Å². The maximum atomic E-state index is 11.2. The standard InChI is InChI=1S/C12H12ClNO/c13-9-12(15)11-6-4-10(5-7-11)3-1-2-8-14/h4-7H,2,8-9,14H2. The predicted molar refractivity (Wildman–Crippen MR) is 62.0 cm³/mol. The molecule has 0 aliphatic heterocycles. The highest BCUT2D eigenvalue weighted by molar-refractivity contribution is 6.30. The molecule has 0 unspecified atom stereocenters. The maximum Gasteiger partial charge on any atom is 0.177 e. The number of carbonyl (C=O) groups is 1. The van der Waals surface area contributed by atoms with Gasteiger partial charge in [0.1, 0.15) is 0 Å². The van der Waals surface area contributed by atoms with E-state index in [0.29, 0.717) is 18.5 Å². The smallest absolute Gasteiger partial charge is 0.177 e. The van der Waals surface area contributed by atoms with Crippen molar-refractivity contribution in [3.63, 3.8) is 0 Å². The Kier molecular flexibility index (Phi) is 4.89. The molecule has 0 spiro atoms. The van der Waals surface area contributed by atoms with E-state index in [-0.39, 0.29) is 11.7 Å². The van der Waals surface area contributed by atoms with Crippen LogP contribution in [0.1, 0.15) is 22.3 Å². The number of hydrogen-bond acceptors (Lipinski definition) is 2. The first-order chi connectivity index (χ1) is 7.27. The summed E-state index contributed by atoms with van der Waals surface area (Å²) in [5.74, 6) is 5.82. The highest BCUT2D eigenvalue weighted by Gasteiger charge is 2.02. The van der Waals surface area contributed by atoms with Crippen LogP contribution in [0.3, 0.4) is 0 Å². The molecule has 0 aromatic heterocycles. The fraction of sp³-hybridized carbons (Fsp3) is 0.250. The van der Waals surface area contributed by atoms with E-state index in [0.717, 1.165) is 5.56 Å². The molecule has 0 fully saturated rings. The lowest BCUT2D eigenvalue weighted by Crippen LogP contribution is -1.99. The second-order valence-corrected chi connectivity index (χ2v) is 3.24. The third-order valence-corrected chi connectivity index (χ3v) is 2.07. The van der Waals surface area contributed by atoms with Crippen LogP contribution in [0.25, 0.3) is 0 Å². The first-order valence-electron chi connectivity index (χ1n) is 4.66. The minimum absolute atomic E-state index is 0.0121. The van der Waals surface area contributed by atoms with Crippen molar-refractivity contribution in [1.29, 1.82) is 0 Å². The molecule has 0 saturated heterocycles. The third kappa shape index (κ3) is 3.75. The second kappa shape index (κ2) is 6.23. The molecule has 0 heterocycles. The Bertz CT molecular complexity index is 386. The molecular weight excluding hydrogens is 210 g/mol. The molecule has 15 heavy (non-hydrogen) atoms. The van der Waals surface area contributed by atoms with Gasteiger partial charge in [-0.15, -0.1) is 11.6 Å². The molecule has 0 aliphatic rings. The fourth-order valence-corrected chi connectivity index (χ4v) is 1.21.